The van der Waals surface area contributed by atoms with Crippen LogP contribution in [-0.2, 0) is 11.3 Å². The quantitative estimate of drug-likeness (QED) is 0.831. The summed E-state index contributed by atoms with van der Waals surface area (Å²) in [4.78, 5) is 5.08. The molecule has 2 aromatic rings. The molecule has 6 nitrogen and oxygen atoms in total. The highest BCUT2D eigenvalue weighted by Crippen LogP contribution is 2.21. The average molecular weight is 327 g/mol. The Balaban J connectivity index is 1.35. The van der Waals surface area contributed by atoms with Gasteiger partial charge in [-0.1, -0.05) is 23.4 Å². The van der Waals surface area contributed by atoms with Crippen molar-refractivity contribution in [3.8, 4) is 5.69 Å². The molecule has 0 radical (unpaired) electrons. The van der Waals surface area contributed by atoms with E-state index in [1.165, 1.54) is 13.0 Å². The number of morpholine rings is 1. The molecule has 128 valence electrons. The Kier molecular flexibility index (Phi) is 4.87. The van der Waals surface area contributed by atoms with Crippen LogP contribution in [0.3, 0.4) is 0 Å². The molecule has 1 aromatic carbocycles. The highest BCUT2D eigenvalue weighted by molar-refractivity contribution is 5.31. The van der Waals surface area contributed by atoms with Gasteiger partial charge in [-0.3, -0.25) is 9.80 Å². The van der Waals surface area contributed by atoms with E-state index in [4.69, 9.17) is 4.74 Å². The number of ether oxygens (including phenoxy) is 1. The van der Waals surface area contributed by atoms with Gasteiger partial charge in [-0.05, 0) is 31.0 Å². The average Bonchev–Trinajstić information content (AvgIpc) is 3.27. The third-order valence-corrected chi connectivity index (χ3v) is 5.00. The zero-order valence-electron chi connectivity index (χ0n) is 14.0. The van der Waals surface area contributed by atoms with Crippen molar-refractivity contribution in [2.24, 2.45) is 5.92 Å². The van der Waals surface area contributed by atoms with Crippen molar-refractivity contribution in [2.75, 3.05) is 45.9 Å². The summed E-state index contributed by atoms with van der Waals surface area (Å²) in [6.07, 6.45) is 3.17. The fourth-order valence-electron chi connectivity index (χ4n) is 3.73. The maximum absolute atomic E-state index is 5.44. The van der Waals surface area contributed by atoms with Crippen LogP contribution in [-0.4, -0.2) is 70.7 Å². The summed E-state index contributed by atoms with van der Waals surface area (Å²) in [5.74, 6) is 0.768. The number of para-hydroxylation sites is 1. The fourth-order valence-corrected chi connectivity index (χ4v) is 3.73. The summed E-state index contributed by atoms with van der Waals surface area (Å²) in [5.41, 5.74) is 2.24. The van der Waals surface area contributed by atoms with Crippen molar-refractivity contribution in [1.82, 2.24) is 24.8 Å². The first kappa shape index (κ1) is 15.7. The lowest BCUT2D eigenvalue weighted by Gasteiger charge is -2.29. The number of rotatable bonds is 5. The molecular formula is C18H25N5O. The number of aromatic nitrogens is 3. The van der Waals surface area contributed by atoms with Gasteiger partial charge in [-0.25, -0.2) is 4.68 Å². The van der Waals surface area contributed by atoms with Gasteiger partial charge < -0.3 is 4.74 Å². The van der Waals surface area contributed by atoms with Crippen LogP contribution in [0.25, 0.3) is 5.69 Å². The molecule has 2 saturated heterocycles. The second kappa shape index (κ2) is 7.42. The second-order valence-corrected chi connectivity index (χ2v) is 6.78. The molecule has 4 rings (SSSR count). The Morgan fingerprint density at radius 1 is 1.04 bits per heavy atom. The maximum atomic E-state index is 5.44. The van der Waals surface area contributed by atoms with Gasteiger partial charge in [0.1, 0.15) is 0 Å². The van der Waals surface area contributed by atoms with E-state index in [0.717, 1.165) is 63.2 Å². The molecule has 0 N–H and O–H groups in total. The van der Waals surface area contributed by atoms with E-state index in [1.807, 2.05) is 29.1 Å². The molecule has 0 aliphatic carbocycles. The van der Waals surface area contributed by atoms with Gasteiger partial charge in [0.05, 0.1) is 30.8 Å². The van der Waals surface area contributed by atoms with Crippen molar-refractivity contribution in [2.45, 2.75) is 13.0 Å². The zero-order valence-corrected chi connectivity index (χ0v) is 14.0. The molecule has 0 saturated carbocycles. The van der Waals surface area contributed by atoms with E-state index in [-0.39, 0.29) is 0 Å². The van der Waals surface area contributed by atoms with E-state index in [0.29, 0.717) is 0 Å². The van der Waals surface area contributed by atoms with E-state index >= 15 is 0 Å². The molecule has 6 heteroatoms. The highest BCUT2D eigenvalue weighted by atomic mass is 16.5. The summed E-state index contributed by atoms with van der Waals surface area (Å²) in [6, 6.07) is 10.2. The van der Waals surface area contributed by atoms with Crippen molar-refractivity contribution < 1.29 is 4.74 Å². The topological polar surface area (TPSA) is 46.4 Å². The Morgan fingerprint density at radius 3 is 2.71 bits per heavy atom. The van der Waals surface area contributed by atoms with Crippen LogP contribution in [0.1, 0.15) is 12.1 Å². The lowest BCUT2D eigenvalue weighted by molar-refractivity contribution is 0.0311. The van der Waals surface area contributed by atoms with Crippen molar-refractivity contribution in [3.05, 3.63) is 42.2 Å². The molecule has 1 aromatic heterocycles. The molecule has 1 atom stereocenters. The van der Waals surface area contributed by atoms with Gasteiger partial charge in [-0.2, -0.15) is 0 Å². The molecule has 2 aliphatic rings. The Labute approximate surface area is 143 Å². The lowest BCUT2D eigenvalue weighted by atomic mass is 10.1. The van der Waals surface area contributed by atoms with Gasteiger partial charge in [0.15, 0.2) is 0 Å². The lowest BCUT2D eigenvalue weighted by Crippen LogP contribution is -2.39. The molecule has 3 heterocycles. The molecule has 2 fully saturated rings. The van der Waals surface area contributed by atoms with Crippen LogP contribution in [0, 0.1) is 5.92 Å². The van der Waals surface area contributed by atoms with Crippen molar-refractivity contribution >= 4 is 0 Å². The maximum Gasteiger partial charge on any atom is 0.0785 e. The zero-order chi connectivity index (χ0) is 16.2. The molecule has 0 spiro atoms. The summed E-state index contributed by atoms with van der Waals surface area (Å²) in [6.45, 7) is 8.39. The number of hydrogen-bond donors (Lipinski definition) is 0. The monoisotopic (exact) mass is 327 g/mol. The molecular weight excluding hydrogens is 302 g/mol. The number of hydrogen-bond acceptors (Lipinski definition) is 5. The molecule has 0 bridgehead atoms. The number of benzene rings is 1. The van der Waals surface area contributed by atoms with Crippen molar-refractivity contribution in [3.63, 3.8) is 0 Å². The van der Waals surface area contributed by atoms with E-state index < -0.39 is 0 Å². The van der Waals surface area contributed by atoms with Gasteiger partial charge in [0.2, 0.25) is 0 Å². The predicted octanol–water partition coefficient (Wildman–Crippen LogP) is 1.42. The third-order valence-electron chi connectivity index (χ3n) is 5.00. The van der Waals surface area contributed by atoms with E-state index in [1.54, 1.807) is 0 Å². The Bertz CT molecular complexity index is 638. The highest BCUT2D eigenvalue weighted by Gasteiger charge is 2.26. The minimum Gasteiger partial charge on any atom is -0.379 e. The molecule has 2 aliphatic heterocycles. The van der Waals surface area contributed by atoms with E-state index in [2.05, 4.69) is 32.2 Å². The first-order valence-corrected chi connectivity index (χ1v) is 8.86. The standard InChI is InChI=1S/C18H25N5O/c1-2-4-17(5-3-1)23-18(12-19-20-23)15-22-7-6-16(14-22)13-21-8-10-24-11-9-21/h1-5,12,16H,6-11,13-15H2. The molecule has 24 heavy (non-hydrogen) atoms. The van der Waals surface area contributed by atoms with Crippen LogP contribution in [0.5, 0.6) is 0 Å². The third kappa shape index (κ3) is 3.66. The molecule has 0 amide bonds. The SMILES string of the molecule is c1ccc(-n2nncc2CN2CCC(CN3CCOCC3)C2)cc1. The second-order valence-electron chi connectivity index (χ2n) is 6.78. The van der Waals surface area contributed by atoms with E-state index in [9.17, 15) is 0 Å². The normalized spacial score (nSPS) is 22.9. The first-order valence-electron chi connectivity index (χ1n) is 8.86. The Morgan fingerprint density at radius 2 is 1.88 bits per heavy atom. The first-order chi connectivity index (χ1) is 11.9. The van der Waals surface area contributed by atoms with Gasteiger partial charge in [0.25, 0.3) is 0 Å². The fraction of sp³-hybridized carbons (Fsp3) is 0.556. The minimum absolute atomic E-state index is 0.768. The summed E-state index contributed by atoms with van der Waals surface area (Å²) >= 11 is 0. The minimum atomic E-state index is 0.768. The summed E-state index contributed by atoms with van der Waals surface area (Å²) in [5, 5.41) is 8.38. The van der Waals surface area contributed by atoms with Crippen LogP contribution in [0.15, 0.2) is 36.5 Å². The summed E-state index contributed by atoms with van der Waals surface area (Å²) < 4.78 is 7.40. The number of nitrogens with zero attached hydrogens (tertiary/aromatic N) is 5. The molecule has 1 unspecified atom stereocenters. The Hall–Kier alpha value is -1.76. The number of likely N-dealkylation sites (tertiary alicyclic amines) is 1. The van der Waals surface area contributed by atoms with Gasteiger partial charge in [-0.15, -0.1) is 5.10 Å². The van der Waals surface area contributed by atoms with Crippen molar-refractivity contribution in [1.29, 1.82) is 0 Å². The van der Waals surface area contributed by atoms with Crippen LogP contribution in [0.4, 0.5) is 0 Å². The van der Waals surface area contributed by atoms with Gasteiger partial charge in [0, 0.05) is 32.7 Å². The van der Waals surface area contributed by atoms with Crippen LogP contribution >= 0.6 is 0 Å². The largest absolute Gasteiger partial charge is 0.379 e. The van der Waals surface area contributed by atoms with Gasteiger partial charge >= 0.3 is 0 Å². The van der Waals surface area contributed by atoms with Crippen LogP contribution < -0.4 is 0 Å². The summed E-state index contributed by atoms with van der Waals surface area (Å²) in [7, 11) is 0. The smallest absolute Gasteiger partial charge is 0.0785 e. The predicted molar refractivity (Wildman–Crippen MR) is 92.0 cm³/mol. The van der Waals surface area contributed by atoms with Crippen LogP contribution in [0.2, 0.25) is 0 Å².